The first-order valence-electron chi connectivity index (χ1n) is 7.30. The lowest BCUT2D eigenvalue weighted by atomic mass is 10.1. The van der Waals surface area contributed by atoms with Crippen molar-refractivity contribution < 1.29 is 33.6 Å². The molecule has 0 bridgehead atoms. The summed E-state index contributed by atoms with van der Waals surface area (Å²) in [7, 11) is 1.14. The largest absolute Gasteiger partial charge is 0.466 e. The highest BCUT2D eigenvalue weighted by molar-refractivity contribution is 8.05. The van der Waals surface area contributed by atoms with E-state index in [-0.39, 0.29) is 5.56 Å². The van der Waals surface area contributed by atoms with E-state index in [1.165, 1.54) is 0 Å². The van der Waals surface area contributed by atoms with Crippen LogP contribution in [0.25, 0.3) is 6.08 Å². The maximum atomic E-state index is 12.1. The summed E-state index contributed by atoms with van der Waals surface area (Å²) in [6.45, 7) is -0.522. The van der Waals surface area contributed by atoms with Gasteiger partial charge in [0.25, 0.3) is 5.56 Å². The maximum absolute atomic E-state index is 12.1. The van der Waals surface area contributed by atoms with E-state index in [0.717, 1.165) is 30.0 Å². The molecule has 3 N–H and O–H groups in total. The number of aliphatic hydroxyl groups excluding tert-OH is 2. The molecule has 11 nitrogen and oxygen atoms in total. The molecular formula is C13H15Cl2N2O9P. The van der Waals surface area contributed by atoms with E-state index < -0.39 is 54.4 Å². The predicted molar refractivity (Wildman–Crippen MR) is 93.6 cm³/mol. The fraction of sp³-hybridized carbons (Fsp3) is 0.462. The third kappa shape index (κ3) is 5.52. The van der Waals surface area contributed by atoms with E-state index in [1.807, 2.05) is 4.98 Å². The van der Waals surface area contributed by atoms with Crippen molar-refractivity contribution in [2.45, 2.75) is 24.5 Å². The quantitative estimate of drug-likeness (QED) is 0.310. The zero-order valence-electron chi connectivity index (χ0n) is 13.7. The van der Waals surface area contributed by atoms with Crippen molar-refractivity contribution in [1.29, 1.82) is 0 Å². The molecule has 4 atom stereocenters. The summed E-state index contributed by atoms with van der Waals surface area (Å²) in [6, 6.07) is 0. The Kier molecular flexibility index (Phi) is 7.03. The third-order valence-corrected chi connectivity index (χ3v) is 4.63. The summed E-state index contributed by atoms with van der Waals surface area (Å²) in [4.78, 5) is 37.0. The molecule has 0 amide bonds. The number of ether oxygens (including phenoxy) is 2. The van der Waals surface area contributed by atoms with Crippen molar-refractivity contribution in [3.8, 4) is 0 Å². The molecule has 1 aliphatic heterocycles. The van der Waals surface area contributed by atoms with Gasteiger partial charge in [-0.2, -0.15) is 0 Å². The van der Waals surface area contributed by atoms with Crippen LogP contribution < -0.4 is 11.2 Å². The Morgan fingerprint density at radius 1 is 1.41 bits per heavy atom. The Hall–Kier alpha value is -1.46. The molecule has 1 unspecified atom stereocenters. The van der Waals surface area contributed by atoms with E-state index in [1.54, 1.807) is 0 Å². The van der Waals surface area contributed by atoms with Gasteiger partial charge in [0.1, 0.15) is 18.3 Å². The Balaban J connectivity index is 2.30. The number of aromatic nitrogens is 2. The minimum absolute atomic E-state index is 0.115. The molecule has 1 fully saturated rings. The molecule has 14 heteroatoms. The minimum atomic E-state index is -3.90. The fourth-order valence-corrected chi connectivity index (χ4v) is 2.95. The van der Waals surface area contributed by atoms with Gasteiger partial charge in [-0.05, 0) is 28.6 Å². The SMILES string of the molecule is COC(=O)/C=C/c1cn([C@@H]2O[C@H](COP(=O)(Cl)Cl)[C@H](O)C2O)c(=O)[nH]c1=O. The van der Waals surface area contributed by atoms with E-state index in [2.05, 4.69) is 9.26 Å². The molecule has 0 aromatic carbocycles. The average molecular weight is 445 g/mol. The monoisotopic (exact) mass is 444 g/mol. The Labute approximate surface area is 161 Å². The normalized spacial score (nSPS) is 25.8. The predicted octanol–water partition coefficient (Wildman–Crippen LogP) is -0.0557. The van der Waals surface area contributed by atoms with Crippen molar-refractivity contribution in [2.24, 2.45) is 0 Å². The topological polar surface area (TPSA) is 157 Å². The highest BCUT2D eigenvalue weighted by Crippen LogP contribution is 2.57. The van der Waals surface area contributed by atoms with Crippen LogP contribution in [0.4, 0.5) is 0 Å². The highest BCUT2D eigenvalue weighted by Gasteiger charge is 2.45. The van der Waals surface area contributed by atoms with Gasteiger partial charge in [0.2, 0.25) is 0 Å². The van der Waals surface area contributed by atoms with Gasteiger partial charge >= 0.3 is 17.7 Å². The lowest BCUT2D eigenvalue weighted by molar-refractivity contribution is -0.134. The van der Waals surface area contributed by atoms with Crippen LogP contribution in [0.3, 0.4) is 0 Å². The molecule has 1 aromatic rings. The summed E-state index contributed by atoms with van der Waals surface area (Å²) >= 11 is 10.5. The second-order valence-electron chi connectivity index (χ2n) is 5.36. The van der Waals surface area contributed by atoms with Crippen LogP contribution in [0, 0.1) is 0 Å². The van der Waals surface area contributed by atoms with Gasteiger partial charge in [-0.15, -0.1) is 0 Å². The van der Waals surface area contributed by atoms with Crippen LogP contribution in [-0.2, 0) is 23.4 Å². The number of H-pyrrole nitrogens is 1. The molecule has 1 aromatic heterocycles. The van der Waals surface area contributed by atoms with Crippen molar-refractivity contribution in [3.63, 3.8) is 0 Å². The second kappa shape index (κ2) is 8.70. The molecule has 1 aliphatic rings. The number of aromatic amines is 1. The number of hydrogen-bond donors (Lipinski definition) is 3. The number of nitrogens with one attached hydrogen (secondary N) is 1. The lowest BCUT2D eigenvalue weighted by Crippen LogP contribution is -2.38. The number of aliphatic hydroxyl groups is 2. The Morgan fingerprint density at radius 2 is 2.07 bits per heavy atom. The summed E-state index contributed by atoms with van der Waals surface area (Å²) in [5.41, 5.74) is -1.85. The molecule has 1 saturated heterocycles. The van der Waals surface area contributed by atoms with E-state index in [0.29, 0.717) is 0 Å². The van der Waals surface area contributed by atoms with Gasteiger partial charge in [0.05, 0.1) is 19.3 Å². The van der Waals surface area contributed by atoms with Crippen LogP contribution in [0.2, 0.25) is 0 Å². The van der Waals surface area contributed by atoms with Gasteiger partial charge in [0.15, 0.2) is 6.23 Å². The molecule has 0 saturated carbocycles. The lowest BCUT2D eigenvalue weighted by Gasteiger charge is -2.17. The number of carbonyl (C=O) groups excluding carboxylic acids is 1. The summed E-state index contributed by atoms with van der Waals surface area (Å²) in [6.07, 6.45) is -6.56. The zero-order chi connectivity index (χ0) is 20.4. The highest BCUT2D eigenvalue weighted by atomic mass is 35.9. The molecular weight excluding hydrogens is 430 g/mol. The first kappa shape index (κ1) is 21.8. The van der Waals surface area contributed by atoms with E-state index in [9.17, 15) is 29.2 Å². The van der Waals surface area contributed by atoms with Crippen molar-refractivity contribution in [3.05, 3.63) is 38.7 Å². The van der Waals surface area contributed by atoms with Crippen LogP contribution in [0.5, 0.6) is 0 Å². The minimum Gasteiger partial charge on any atom is -0.466 e. The summed E-state index contributed by atoms with van der Waals surface area (Å²) in [5, 5.41) is 20.2. The molecule has 0 spiro atoms. The Morgan fingerprint density at radius 3 is 2.67 bits per heavy atom. The number of methoxy groups -OCH3 is 1. The standard InChI is InChI=1S/C13H15Cl2N2O9P/c1-24-8(18)3-2-6-4-17(13(22)16-11(6)21)12-10(20)9(19)7(26-12)5-25-27(14,15)23/h2-4,7,9-10,12,19-20H,5H2,1H3,(H,16,21,22)/b3-2+/t7-,9+,10?,12-/m1/s1. The van der Waals surface area contributed by atoms with Crippen LogP contribution in [-0.4, -0.2) is 57.8 Å². The molecule has 150 valence electrons. The van der Waals surface area contributed by atoms with Gasteiger partial charge in [0, 0.05) is 12.3 Å². The van der Waals surface area contributed by atoms with Crippen LogP contribution in [0.15, 0.2) is 21.9 Å². The van der Waals surface area contributed by atoms with Gasteiger partial charge in [-0.25, -0.2) is 9.59 Å². The van der Waals surface area contributed by atoms with E-state index >= 15 is 0 Å². The zero-order valence-corrected chi connectivity index (χ0v) is 16.1. The van der Waals surface area contributed by atoms with Crippen LogP contribution >= 0.6 is 28.6 Å². The summed E-state index contributed by atoms with van der Waals surface area (Å²) < 4.78 is 26.4. The smallest absolute Gasteiger partial charge is 0.380 e. The molecule has 0 radical (unpaired) electrons. The second-order valence-corrected chi connectivity index (χ2v) is 9.64. The van der Waals surface area contributed by atoms with Gasteiger partial charge < -0.3 is 24.2 Å². The van der Waals surface area contributed by atoms with Gasteiger partial charge in [-0.3, -0.25) is 18.9 Å². The number of halogens is 2. The van der Waals surface area contributed by atoms with Crippen molar-refractivity contribution in [1.82, 2.24) is 9.55 Å². The van der Waals surface area contributed by atoms with Crippen molar-refractivity contribution >= 4 is 40.6 Å². The molecule has 2 heterocycles. The number of hydrogen-bond acceptors (Lipinski definition) is 9. The average Bonchev–Trinajstić information content (AvgIpc) is 2.86. The molecule has 27 heavy (non-hydrogen) atoms. The first-order valence-corrected chi connectivity index (χ1v) is 10.7. The fourth-order valence-electron chi connectivity index (χ4n) is 2.29. The molecule has 2 rings (SSSR count). The first-order chi connectivity index (χ1) is 12.5. The van der Waals surface area contributed by atoms with Gasteiger partial charge in [-0.1, -0.05) is 0 Å². The number of esters is 1. The number of nitrogens with zero attached hydrogens (tertiary/aromatic N) is 1. The van der Waals surface area contributed by atoms with E-state index in [4.69, 9.17) is 27.2 Å². The Bertz CT molecular complexity index is 893. The molecule has 0 aliphatic carbocycles. The number of rotatable bonds is 6. The van der Waals surface area contributed by atoms with Crippen molar-refractivity contribution in [2.75, 3.05) is 13.7 Å². The maximum Gasteiger partial charge on any atom is 0.380 e. The van der Waals surface area contributed by atoms with Crippen LogP contribution in [0.1, 0.15) is 11.8 Å². The third-order valence-electron chi connectivity index (χ3n) is 3.60. The summed E-state index contributed by atoms with van der Waals surface area (Å²) in [5.74, 6) is -0.733. The number of carbonyl (C=O) groups is 1.